The summed E-state index contributed by atoms with van der Waals surface area (Å²) < 4.78 is 35.9. The van der Waals surface area contributed by atoms with Crippen LogP contribution < -0.4 is 19.1 Å². The molecule has 148 valence electrons. The Bertz CT molecular complexity index is 1020. The molecule has 0 spiro atoms. The SMILES string of the molecule is COc1cc(N2CCCS2(=O)=O)ccc1NC(=O)c1ccccc1OC(C)=O. The van der Waals surface area contributed by atoms with Gasteiger partial charge in [-0.3, -0.25) is 13.9 Å². The van der Waals surface area contributed by atoms with Gasteiger partial charge >= 0.3 is 5.97 Å². The number of hydrogen-bond donors (Lipinski definition) is 1. The van der Waals surface area contributed by atoms with Crippen LogP contribution in [0.1, 0.15) is 23.7 Å². The fourth-order valence-electron chi connectivity index (χ4n) is 2.96. The van der Waals surface area contributed by atoms with Gasteiger partial charge in [-0.25, -0.2) is 8.42 Å². The van der Waals surface area contributed by atoms with Gasteiger partial charge in [-0.05, 0) is 30.7 Å². The average molecular weight is 404 g/mol. The van der Waals surface area contributed by atoms with Crippen LogP contribution in [0.2, 0.25) is 0 Å². The number of nitrogens with zero attached hydrogens (tertiary/aromatic N) is 1. The van der Waals surface area contributed by atoms with Crippen molar-refractivity contribution in [3.63, 3.8) is 0 Å². The Hall–Kier alpha value is -3.07. The normalized spacial score (nSPS) is 15.1. The molecule has 1 N–H and O–H groups in total. The molecule has 0 atom stereocenters. The Morgan fingerprint density at radius 3 is 2.50 bits per heavy atom. The monoisotopic (exact) mass is 404 g/mol. The van der Waals surface area contributed by atoms with E-state index in [4.69, 9.17) is 9.47 Å². The molecule has 0 unspecified atom stereocenters. The molecule has 1 aliphatic rings. The highest BCUT2D eigenvalue weighted by Crippen LogP contribution is 2.33. The van der Waals surface area contributed by atoms with Crippen LogP contribution in [0, 0.1) is 0 Å². The van der Waals surface area contributed by atoms with Crippen molar-refractivity contribution in [1.29, 1.82) is 0 Å². The van der Waals surface area contributed by atoms with Crippen LogP contribution in [0.3, 0.4) is 0 Å². The highest BCUT2D eigenvalue weighted by molar-refractivity contribution is 7.93. The van der Waals surface area contributed by atoms with Crippen LogP contribution in [0.5, 0.6) is 11.5 Å². The van der Waals surface area contributed by atoms with E-state index in [1.807, 2.05) is 0 Å². The molecule has 1 fully saturated rings. The van der Waals surface area contributed by atoms with Crippen LogP contribution in [0.4, 0.5) is 11.4 Å². The third-order valence-corrected chi connectivity index (χ3v) is 6.08. The quantitative estimate of drug-likeness (QED) is 0.607. The van der Waals surface area contributed by atoms with Crippen molar-refractivity contribution in [3.8, 4) is 11.5 Å². The third-order valence-electron chi connectivity index (χ3n) is 4.21. The number of ether oxygens (including phenoxy) is 2. The third kappa shape index (κ3) is 4.09. The zero-order valence-electron chi connectivity index (χ0n) is 15.5. The summed E-state index contributed by atoms with van der Waals surface area (Å²) in [6.07, 6.45) is 0.566. The average Bonchev–Trinajstić information content (AvgIpc) is 3.01. The van der Waals surface area contributed by atoms with E-state index in [2.05, 4.69) is 5.32 Å². The van der Waals surface area contributed by atoms with Crippen molar-refractivity contribution in [2.24, 2.45) is 0 Å². The van der Waals surface area contributed by atoms with Crippen LogP contribution in [0.15, 0.2) is 42.5 Å². The van der Waals surface area contributed by atoms with Crippen molar-refractivity contribution >= 4 is 33.3 Å². The number of methoxy groups -OCH3 is 1. The fraction of sp³-hybridized carbons (Fsp3) is 0.263. The van der Waals surface area contributed by atoms with Crippen molar-refractivity contribution < 1.29 is 27.5 Å². The number of esters is 1. The van der Waals surface area contributed by atoms with Gasteiger partial charge in [-0.15, -0.1) is 0 Å². The summed E-state index contributed by atoms with van der Waals surface area (Å²) in [7, 11) is -1.89. The maximum atomic E-state index is 12.7. The molecular formula is C19H20N2O6S. The number of rotatable bonds is 5. The molecule has 2 aromatic carbocycles. The minimum absolute atomic E-state index is 0.112. The summed E-state index contributed by atoms with van der Waals surface area (Å²) in [5.41, 5.74) is 1.03. The molecule has 0 aliphatic carbocycles. The van der Waals surface area contributed by atoms with Gasteiger partial charge in [0.2, 0.25) is 10.0 Å². The second-order valence-corrected chi connectivity index (χ2v) is 8.18. The lowest BCUT2D eigenvalue weighted by molar-refractivity contribution is -0.131. The standard InChI is InChI=1S/C19H20N2O6S/c1-13(22)27-17-7-4-3-6-15(17)19(23)20-16-9-8-14(12-18(16)26-2)21-10-5-11-28(21,24)25/h3-4,6-9,12H,5,10-11H2,1-2H3,(H,20,23). The highest BCUT2D eigenvalue weighted by atomic mass is 32.2. The lowest BCUT2D eigenvalue weighted by Crippen LogP contribution is -2.25. The maximum Gasteiger partial charge on any atom is 0.308 e. The molecule has 1 amide bonds. The number of sulfonamides is 1. The second-order valence-electron chi connectivity index (χ2n) is 6.17. The molecule has 3 rings (SSSR count). The molecule has 1 saturated heterocycles. The Morgan fingerprint density at radius 2 is 1.86 bits per heavy atom. The summed E-state index contributed by atoms with van der Waals surface area (Å²) in [4.78, 5) is 23.9. The minimum atomic E-state index is -3.32. The zero-order valence-corrected chi connectivity index (χ0v) is 16.3. The van der Waals surface area contributed by atoms with E-state index in [9.17, 15) is 18.0 Å². The van der Waals surface area contributed by atoms with Gasteiger partial charge < -0.3 is 14.8 Å². The highest BCUT2D eigenvalue weighted by Gasteiger charge is 2.29. The number of para-hydroxylation sites is 1. The van der Waals surface area contributed by atoms with Crippen molar-refractivity contribution in [3.05, 3.63) is 48.0 Å². The molecule has 0 radical (unpaired) electrons. The number of amides is 1. The molecule has 8 nitrogen and oxygen atoms in total. The number of carbonyl (C=O) groups is 2. The largest absolute Gasteiger partial charge is 0.494 e. The fourth-order valence-corrected chi connectivity index (χ4v) is 4.51. The van der Waals surface area contributed by atoms with E-state index in [-0.39, 0.29) is 17.1 Å². The minimum Gasteiger partial charge on any atom is -0.494 e. The van der Waals surface area contributed by atoms with Gasteiger partial charge in [-0.1, -0.05) is 12.1 Å². The molecule has 1 heterocycles. The molecule has 0 aromatic heterocycles. The number of benzene rings is 2. The van der Waals surface area contributed by atoms with Crippen LogP contribution in [0.25, 0.3) is 0 Å². The van der Waals surface area contributed by atoms with Gasteiger partial charge in [0.25, 0.3) is 5.91 Å². The Labute approximate surface area is 163 Å². The summed E-state index contributed by atoms with van der Waals surface area (Å²) >= 11 is 0. The summed E-state index contributed by atoms with van der Waals surface area (Å²) in [5.74, 6) is -0.448. The van der Waals surface area contributed by atoms with E-state index in [1.54, 1.807) is 30.3 Å². The lowest BCUT2D eigenvalue weighted by Gasteiger charge is -2.19. The van der Waals surface area contributed by atoms with Gasteiger partial charge in [0, 0.05) is 19.5 Å². The molecule has 0 bridgehead atoms. The van der Waals surface area contributed by atoms with Crippen molar-refractivity contribution in [2.45, 2.75) is 13.3 Å². The Kier molecular flexibility index (Phi) is 5.55. The Morgan fingerprint density at radius 1 is 1.11 bits per heavy atom. The van der Waals surface area contributed by atoms with Gasteiger partial charge in [0.1, 0.15) is 11.5 Å². The van der Waals surface area contributed by atoms with Crippen molar-refractivity contribution in [1.82, 2.24) is 0 Å². The van der Waals surface area contributed by atoms with E-state index in [0.29, 0.717) is 30.1 Å². The van der Waals surface area contributed by atoms with Crippen LogP contribution in [-0.2, 0) is 14.8 Å². The first-order valence-corrected chi connectivity index (χ1v) is 10.2. The summed E-state index contributed by atoms with van der Waals surface area (Å²) in [6, 6.07) is 11.1. The zero-order chi connectivity index (χ0) is 20.3. The first kappa shape index (κ1) is 19.7. The molecule has 0 saturated carbocycles. The van der Waals surface area contributed by atoms with Gasteiger partial charge in [-0.2, -0.15) is 0 Å². The number of nitrogens with one attached hydrogen (secondary N) is 1. The van der Waals surface area contributed by atoms with E-state index in [0.717, 1.165) is 0 Å². The van der Waals surface area contributed by atoms with Gasteiger partial charge in [0.15, 0.2) is 0 Å². The summed E-state index contributed by atoms with van der Waals surface area (Å²) in [5, 5.41) is 2.71. The van der Waals surface area contributed by atoms with Gasteiger partial charge in [0.05, 0.1) is 29.8 Å². The molecule has 9 heteroatoms. The summed E-state index contributed by atoms with van der Waals surface area (Å²) in [6.45, 7) is 1.66. The Balaban J connectivity index is 1.87. The lowest BCUT2D eigenvalue weighted by atomic mass is 10.1. The maximum absolute atomic E-state index is 12.7. The smallest absolute Gasteiger partial charge is 0.308 e. The van der Waals surface area contributed by atoms with Crippen molar-refractivity contribution in [2.75, 3.05) is 29.0 Å². The van der Waals surface area contributed by atoms with E-state index >= 15 is 0 Å². The number of hydrogen-bond acceptors (Lipinski definition) is 6. The molecule has 2 aromatic rings. The van der Waals surface area contributed by atoms with Crippen LogP contribution >= 0.6 is 0 Å². The molecule has 1 aliphatic heterocycles. The predicted molar refractivity (Wildman–Crippen MR) is 104 cm³/mol. The molecular weight excluding hydrogens is 384 g/mol. The number of carbonyl (C=O) groups excluding carboxylic acids is 2. The molecule has 28 heavy (non-hydrogen) atoms. The van der Waals surface area contributed by atoms with Crippen LogP contribution in [-0.4, -0.2) is 39.7 Å². The second kappa shape index (κ2) is 7.89. The van der Waals surface area contributed by atoms with E-state index < -0.39 is 21.9 Å². The first-order chi connectivity index (χ1) is 13.3. The predicted octanol–water partition coefficient (Wildman–Crippen LogP) is 2.41. The first-order valence-electron chi connectivity index (χ1n) is 8.59. The number of anilines is 2. The topological polar surface area (TPSA) is 102 Å². The van der Waals surface area contributed by atoms with E-state index in [1.165, 1.54) is 30.5 Å².